The molecule has 1 aliphatic rings. The van der Waals surface area contributed by atoms with Crippen LogP contribution in [0.4, 0.5) is 0 Å². The molecule has 0 spiro atoms. The van der Waals surface area contributed by atoms with E-state index < -0.39 is 5.92 Å². The van der Waals surface area contributed by atoms with Gasteiger partial charge in [0.15, 0.2) is 0 Å². The summed E-state index contributed by atoms with van der Waals surface area (Å²) in [6, 6.07) is 13.0. The molecule has 2 amide bonds. The Labute approximate surface area is 183 Å². The molecule has 0 aromatic heterocycles. The third-order valence-corrected chi connectivity index (χ3v) is 5.68. The number of aryl methyl sites for hydroxylation is 1. The Morgan fingerprint density at radius 1 is 1.03 bits per heavy atom. The number of methoxy groups -OCH3 is 3. The Bertz CT molecular complexity index is 913. The monoisotopic (exact) mass is 426 g/mol. The van der Waals surface area contributed by atoms with Gasteiger partial charge in [-0.2, -0.15) is 0 Å². The first-order valence-electron chi connectivity index (χ1n) is 10.3. The van der Waals surface area contributed by atoms with E-state index in [0.717, 1.165) is 11.1 Å². The Balaban J connectivity index is 1.91. The van der Waals surface area contributed by atoms with Crippen LogP contribution in [0.25, 0.3) is 0 Å². The molecule has 2 aromatic rings. The Morgan fingerprint density at radius 2 is 1.77 bits per heavy atom. The van der Waals surface area contributed by atoms with Crippen molar-refractivity contribution in [3.8, 4) is 11.5 Å². The molecule has 7 heteroatoms. The average Bonchev–Trinajstić information content (AvgIpc) is 3.24. The Kier molecular flexibility index (Phi) is 7.52. The van der Waals surface area contributed by atoms with Gasteiger partial charge < -0.3 is 24.4 Å². The topological polar surface area (TPSA) is 77.1 Å². The largest absolute Gasteiger partial charge is 0.497 e. The maximum atomic E-state index is 13.2. The SMILES string of the molecule is COCCNC(=O)C1CN(C(=O)c2ccc(C)cc2)CC1c1cc(OC)ccc1OC. The summed E-state index contributed by atoms with van der Waals surface area (Å²) in [4.78, 5) is 27.9. The van der Waals surface area contributed by atoms with Gasteiger partial charge in [-0.1, -0.05) is 17.7 Å². The van der Waals surface area contributed by atoms with E-state index >= 15 is 0 Å². The number of hydrogen-bond acceptors (Lipinski definition) is 5. The van der Waals surface area contributed by atoms with Crippen molar-refractivity contribution in [3.63, 3.8) is 0 Å². The number of nitrogens with zero attached hydrogens (tertiary/aromatic N) is 1. The molecule has 1 saturated heterocycles. The van der Waals surface area contributed by atoms with Crippen LogP contribution in [0.15, 0.2) is 42.5 Å². The zero-order valence-corrected chi connectivity index (χ0v) is 18.5. The van der Waals surface area contributed by atoms with Crippen LogP contribution >= 0.6 is 0 Å². The van der Waals surface area contributed by atoms with E-state index in [1.165, 1.54) is 0 Å². The van der Waals surface area contributed by atoms with Gasteiger partial charge in [0.2, 0.25) is 5.91 Å². The third kappa shape index (κ3) is 5.17. The molecule has 0 saturated carbocycles. The van der Waals surface area contributed by atoms with Gasteiger partial charge in [0.25, 0.3) is 5.91 Å². The maximum Gasteiger partial charge on any atom is 0.253 e. The zero-order chi connectivity index (χ0) is 22.4. The second kappa shape index (κ2) is 10.3. The summed E-state index contributed by atoms with van der Waals surface area (Å²) >= 11 is 0. The van der Waals surface area contributed by atoms with E-state index in [9.17, 15) is 9.59 Å². The van der Waals surface area contributed by atoms with Crippen LogP contribution in [0.5, 0.6) is 11.5 Å². The highest BCUT2D eigenvalue weighted by molar-refractivity contribution is 5.95. The van der Waals surface area contributed by atoms with E-state index in [0.29, 0.717) is 43.3 Å². The molecule has 1 aliphatic heterocycles. The second-order valence-corrected chi connectivity index (χ2v) is 7.68. The first kappa shape index (κ1) is 22.6. The fourth-order valence-electron chi connectivity index (χ4n) is 3.97. The van der Waals surface area contributed by atoms with Crippen LogP contribution in [0.2, 0.25) is 0 Å². The van der Waals surface area contributed by atoms with Crippen molar-refractivity contribution < 1.29 is 23.8 Å². The standard InChI is InChI=1S/C24H30N2O5/c1-16-5-7-17(8-6-16)24(28)26-14-20(21(15-26)23(27)25-11-12-29-2)19-13-18(30-3)9-10-22(19)31-4/h5-10,13,20-21H,11-12,14-15H2,1-4H3,(H,25,27). The number of carbonyl (C=O) groups is 2. The Hall–Kier alpha value is -3.06. The number of likely N-dealkylation sites (tertiary alicyclic amines) is 1. The fraction of sp³-hybridized carbons (Fsp3) is 0.417. The van der Waals surface area contributed by atoms with E-state index in [4.69, 9.17) is 14.2 Å². The number of ether oxygens (including phenoxy) is 3. The van der Waals surface area contributed by atoms with Crippen LogP contribution in [-0.4, -0.2) is 64.3 Å². The molecule has 0 bridgehead atoms. The van der Waals surface area contributed by atoms with Crippen LogP contribution < -0.4 is 14.8 Å². The maximum absolute atomic E-state index is 13.2. The predicted molar refractivity (Wildman–Crippen MR) is 118 cm³/mol. The van der Waals surface area contributed by atoms with E-state index in [2.05, 4.69) is 5.32 Å². The molecule has 0 radical (unpaired) electrons. The van der Waals surface area contributed by atoms with Crippen molar-refractivity contribution in [3.05, 3.63) is 59.2 Å². The van der Waals surface area contributed by atoms with Crippen LogP contribution in [0.1, 0.15) is 27.4 Å². The molecule has 2 aromatic carbocycles. The minimum absolute atomic E-state index is 0.0842. The molecule has 2 atom stereocenters. The minimum Gasteiger partial charge on any atom is -0.497 e. The number of hydrogen-bond donors (Lipinski definition) is 1. The number of nitrogens with one attached hydrogen (secondary N) is 1. The van der Waals surface area contributed by atoms with Gasteiger partial charge >= 0.3 is 0 Å². The lowest BCUT2D eigenvalue weighted by atomic mass is 9.87. The van der Waals surface area contributed by atoms with Gasteiger partial charge in [-0.3, -0.25) is 9.59 Å². The molecule has 7 nitrogen and oxygen atoms in total. The van der Waals surface area contributed by atoms with Crippen molar-refractivity contribution in [2.75, 3.05) is 47.6 Å². The van der Waals surface area contributed by atoms with Crippen molar-refractivity contribution in [2.45, 2.75) is 12.8 Å². The van der Waals surface area contributed by atoms with Crippen molar-refractivity contribution in [2.24, 2.45) is 5.92 Å². The summed E-state index contributed by atoms with van der Waals surface area (Å²) in [6.45, 7) is 3.57. The molecule has 166 valence electrons. The molecule has 1 N–H and O–H groups in total. The summed E-state index contributed by atoms with van der Waals surface area (Å²) in [6.07, 6.45) is 0. The first-order valence-corrected chi connectivity index (χ1v) is 10.3. The molecule has 31 heavy (non-hydrogen) atoms. The quantitative estimate of drug-likeness (QED) is 0.657. The number of rotatable bonds is 8. The van der Waals surface area contributed by atoms with Gasteiger partial charge in [-0.15, -0.1) is 0 Å². The van der Waals surface area contributed by atoms with Gasteiger partial charge in [-0.05, 0) is 37.3 Å². The normalized spacial score (nSPS) is 18.0. The summed E-state index contributed by atoms with van der Waals surface area (Å²) < 4.78 is 16.0. The van der Waals surface area contributed by atoms with Gasteiger partial charge in [0.05, 0.1) is 26.7 Å². The van der Waals surface area contributed by atoms with Gasteiger partial charge in [0.1, 0.15) is 11.5 Å². The predicted octanol–water partition coefficient (Wildman–Crippen LogP) is 2.63. The number of benzene rings is 2. The average molecular weight is 427 g/mol. The highest BCUT2D eigenvalue weighted by Crippen LogP contribution is 2.40. The minimum atomic E-state index is -0.410. The fourth-order valence-corrected chi connectivity index (χ4v) is 3.97. The van der Waals surface area contributed by atoms with Crippen molar-refractivity contribution >= 4 is 11.8 Å². The summed E-state index contributed by atoms with van der Waals surface area (Å²) in [5.74, 6) is 0.530. The summed E-state index contributed by atoms with van der Waals surface area (Å²) in [5, 5.41) is 2.92. The molecular weight excluding hydrogens is 396 g/mol. The van der Waals surface area contributed by atoms with Crippen LogP contribution in [0, 0.1) is 12.8 Å². The number of carbonyl (C=O) groups excluding carboxylic acids is 2. The lowest BCUT2D eigenvalue weighted by Gasteiger charge is -2.21. The van der Waals surface area contributed by atoms with E-state index in [1.54, 1.807) is 26.2 Å². The molecule has 2 unspecified atom stereocenters. The highest BCUT2D eigenvalue weighted by Gasteiger charge is 2.41. The lowest BCUT2D eigenvalue weighted by molar-refractivity contribution is -0.125. The summed E-state index contributed by atoms with van der Waals surface area (Å²) in [7, 11) is 4.79. The smallest absolute Gasteiger partial charge is 0.253 e. The van der Waals surface area contributed by atoms with Gasteiger partial charge in [-0.25, -0.2) is 0 Å². The van der Waals surface area contributed by atoms with Crippen molar-refractivity contribution in [1.29, 1.82) is 0 Å². The third-order valence-electron chi connectivity index (χ3n) is 5.68. The first-order chi connectivity index (χ1) is 15.0. The van der Waals surface area contributed by atoms with E-state index in [1.807, 2.05) is 49.4 Å². The second-order valence-electron chi connectivity index (χ2n) is 7.68. The highest BCUT2D eigenvalue weighted by atomic mass is 16.5. The van der Waals surface area contributed by atoms with E-state index in [-0.39, 0.29) is 17.7 Å². The van der Waals surface area contributed by atoms with Gasteiger partial charge in [0, 0.05) is 43.8 Å². The molecular formula is C24H30N2O5. The van der Waals surface area contributed by atoms with Crippen LogP contribution in [0.3, 0.4) is 0 Å². The lowest BCUT2D eigenvalue weighted by Crippen LogP contribution is -2.37. The molecule has 3 rings (SSSR count). The summed E-state index contributed by atoms with van der Waals surface area (Å²) in [5.41, 5.74) is 2.56. The van der Waals surface area contributed by atoms with Crippen molar-refractivity contribution in [1.82, 2.24) is 10.2 Å². The molecule has 1 fully saturated rings. The molecule has 1 heterocycles. The number of amides is 2. The zero-order valence-electron chi connectivity index (χ0n) is 18.5. The molecule has 0 aliphatic carbocycles. The van der Waals surface area contributed by atoms with Crippen LogP contribution in [-0.2, 0) is 9.53 Å². The Morgan fingerprint density at radius 3 is 2.42 bits per heavy atom.